The van der Waals surface area contributed by atoms with Crippen molar-refractivity contribution in [3.05, 3.63) is 48.2 Å². The molecule has 2 heterocycles. The van der Waals surface area contributed by atoms with Crippen LogP contribution in [0.3, 0.4) is 0 Å². The Labute approximate surface area is 152 Å². The highest BCUT2D eigenvalue weighted by Crippen LogP contribution is 2.31. The van der Waals surface area contributed by atoms with Crippen molar-refractivity contribution in [1.29, 1.82) is 0 Å². The van der Waals surface area contributed by atoms with Crippen molar-refractivity contribution in [2.45, 2.75) is 13.1 Å². The number of alkyl halides is 3. The number of carbonyl (C=O) groups is 1. The zero-order chi connectivity index (χ0) is 19.4. The first-order valence-corrected chi connectivity index (χ1v) is 7.98. The molecule has 0 bridgehead atoms. The van der Waals surface area contributed by atoms with Crippen LogP contribution in [0.15, 0.2) is 42.6 Å². The van der Waals surface area contributed by atoms with Gasteiger partial charge in [0.2, 0.25) is 0 Å². The summed E-state index contributed by atoms with van der Waals surface area (Å²) in [5.74, 6) is 0.503. The second-order valence-electron chi connectivity index (χ2n) is 5.48. The quantitative estimate of drug-likeness (QED) is 0.642. The summed E-state index contributed by atoms with van der Waals surface area (Å²) in [5, 5.41) is 7.90. The minimum atomic E-state index is -4.44. The van der Waals surface area contributed by atoms with E-state index in [4.69, 9.17) is 0 Å². The van der Waals surface area contributed by atoms with Crippen LogP contribution in [0.5, 0.6) is 0 Å². The van der Waals surface area contributed by atoms with Crippen LogP contribution in [-0.2, 0) is 6.18 Å². The smallest absolute Gasteiger partial charge is 0.339 e. The van der Waals surface area contributed by atoms with Gasteiger partial charge < -0.3 is 10.6 Å². The molecule has 0 saturated heterocycles. The zero-order valence-corrected chi connectivity index (χ0v) is 14.1. The molecular formula is C17H15F3N6O. The Morgan fingerprint density at radius 1 is 1.11 bits per heavy atom. The number of hydrogen-bond acceptors (Lipinski definition) is 5. The highest BCUT2D eigenvalue weighted by Gasteiger charge is 2.30. The molecular weight excluding hydrogens is 361 g/mol. The highest BCUT2D eigenvalue weighted by atomic mass is 19.4. The van der Waals surface area contributed by atoms with Gasteiger partial charge >= 0.3 is 12.2 Å². The Morgan fingerprint density at radius 3 is 2.63 bits per heavy atom. The number of nitrogens with zero attached hydrogens (tertiary/aromatic N) is 3. The molecule has 3 rings (SSSR count). The standard InChI is InChI=1S/C17H15F3N6O/c1-2-21-16(27)26-13-7-6-12-15(24-13)25-14(9-22-12)23-11-5-3-4-10(8-11)17(18,19)20/h3-9H,2H2,1H3,(H3,21,23,24,25,26,27). The first-order chi connectivity index (χ1) is 12.8. The number of hydrogen-bond donors (Lipinski definition) is 3. The first-order valence-electron chi connectivity index (χ1n) is 7.98. The van der Waals surface area contributed by atoms with Crippen LogP contribution in [-0.4, -0.2) is 27.5 Å². The van der Waals surface area contributed by atoms with E-state index >= 15 is 0 Å². The Bertz CT molecular complexity index is 976. The SMILES string of the molecule is CCNC(=O)Nc1ccc2ncc(Nc3cccc(C(F)(F)F)c3)nc2n1. The third-order valence-corrected chi connectivity index (χ3v) is 3.45. The van der Waals surface area contributed by atoms with E-state index in [1.54, 1.807) is 19.1 Å². The fraction of sp³-hybridized carbons (Fsp3) is 0.176. The summed E-state index contributed by atoms with van der Waals surface area (Å²) >= 11 is 0. The van der Waals surface area contributed by atoms with Crippen molar-refractivity contribution in [2.75, 3.05) is 17.2 Å². The molecule has 0 saturated carbocycles. The molecule has 0 aliphatic rings. The molecule has 140 valence electrons. The molecule has 0 unspecified atom stereocenters. The molecule has 0 radical (unpaired) electrons. The first kappa shape index (κ1) is 18.4. The van der Waals surface area contributed by atoms with E-state index in [1.165, 1.54) is 18.3 Å². The molecule has 27 heavy (non-hydrogen) atoms. The Morgan fingerprint density at radius 2 is 1.89 bits per heavy atom. The molecule has 0 spiro atoms. The maximum atomic E-state index is 12.8. The summed E-state index contributed by atoms with van der Waals surface area (Å²) in [4.78, 5) is 24.2. The van der Waals surface area contributed by atoms with Gasteiger partial charge in [-0.3, -0.25) is 5.32 Å². The van der Waals surface area contributed by atoms with Crippen LogP contribution in [0.25, 0.3) is 11.2 Å². The monoisotopic (exact) mass is 376 g/mol. The summed E-state index contributed by atoms with van der Waals surface area (Å²) in [6.45, 7) is 2.24. The molecule has 0 aliphatic heterocycles. The molecule has 10 heteroatoms. The molecule has 0 atom stereocenters. The van der Waals surface area contributed by atoms with Crippen LogP contribution < -0.4 is 16.0 Å². The molecule has 3 N–H and O–H groups in total. The van der Waals surface area contributed by atoms with E-state index in [2.05, 4.69) is 30.9 Å². The van der Waals surface area contributed by atoms with Gasteiger partial charge in [0, 0.05) is 12.2 Å². The number of anilines is 3. The van der Waals surface area contributed by atoms with E-state index in [1.807, 2.05) is 0 Å². The number of rotatable bonds is 4. The van der Waals surface area contributed by atoms with Gasteiger partial charge in [0.15, 0.2) is 11.5 Å². The normalized spacial score (nSPS) is 11.3. The Balaban J connectivity index is 1.84. The summed E-state index contributed by atoms with van der Waals surface area (Å²) in [7, 11) is 0. The van der Waals surface area contributed by atoms with Crippen LogP contribution >= 0.6 is 0 Å². The number of pyridine rings is 1. The third kappa shape index (κ3) is 4.60. The van der Waals surface area contributed by atoms with Crippen LogP contribution in [0, 0.1) is 0 Å². The van der Waals surface area contributed by atoms with Gasteiger partial charge in [0.05, 0.1) is 11.8 Å². The van der Waals surface area contributed by atoms with Crippen LogP contribution in [0.4, 0.5) is 35.3 Å². The molecule has 0 aliphatic carbocycles. The lowest BCUT2D eigenvalue weighted by Crippen LogP contribution is -2.28. The van der Waals surface area contributed by atoms with Crippen molar-refractivity contribution in [2.24, 2.45) is 0 Å². The second kappa shape index (κ2) is 7.44. The summed E-state index contributed by atoms with van der Waals surface area (Å²) in [6, 6.07) is 7.55. The zero-order valence-electron chi connectivity index (χ0n) is 14.1. The average Bonchev–Trinajstić information content (AvgIpc) is 2.61. The van der Waals surface area contributed by atoms with E-state index in [-0.39, 0.29) is 23.0 Å². The van der Waals surface area contributed by atoms with Gasteiger partial charge in [0.25, 0.3) is 0 Å². The summed E-state index contributed by atoms with van der Waals surface area (Å²) < 4.78 is 38.4. The number of nitrogens with one attached hydrogen (secondary N) is 3. The number of carbonyl (C=O) groups excluding carboxylic acids is 1. The van der Waals surface area contributed by atoms with Crippen molar-refractivity contribution < 1.29 is 18.0 Å². The molecule has 0 fully saturated rings. The average molecular weight is 376 g/mol. The van der Waals surface area contributed by atoms with Crippen LogP contribution in [0.1, 0.15) is 12.5 Å². The topological polar surface area (TPSA) is 91.8 Å². The minimum absolute atomic E-state index is 0.218. The van der Waals surface area contributed by atoms with Crippen LogP contribution in [0.2, 0.25) is 0 Å². The number of benzene rings is 1. The Kier molecular flexibility index (Phi) is 5.06. The molecule has 3 aromatic rings. The van der Waals surface area contributed by atoms with Gasteiger partial charge in [-0.2, -0.15) is 13.2 Å². The van der Waals surface area contributed by atoms with Crippen molar-refractivity contribution in [3.63, 3.8) is 0 Å². The number of aromatic nitrogens is 3. The van der Waals surface area contributed by atoms with E-state index in [0.29, 0.717) is 12.1 Å². The van der Waals surface area contributed by atoms with E-state index < -0.39 is 17.8 Å². The molecule has 2 amide bonds. The van der Waals surface area contributed by atoms with Crippen molar-refractivity contribution in [1.82, 2.24) is 20.3 Å². The molecule has 7 nitrogen and oxygen atoms in total. The van der Waals surface area contributed by atoms with Gasteiger partial charge in [0.1, 0.15) is 11.3 Å². The summed E-state index contributed by atoms with van der Waals surface area (Å²) in [6.07, 6.45) is -3.05. The summed E-state index contributed by atoms with van der Waals surface area (Å²) in [5.41, 5.74) is 0.162. The van der Waals surface area contributed by atoms with E-state index in [9.17, 15) is 18.0 Å². The largest absolute Gasteiger partial charge is 0.416 e. The Hall–Kier alpha value is -3.43. The fourth-order valence-corrected chi connectivity index (χ4v) is 2.27. The van der Waals surface area contributed by atoms with Gasteiger partial charge in [-0.25, -0.2) is 19.7 Å². The number of amides is 2. The van der Waals surface area contributed by atoms with Gasteiger partial charge in [-0.1, -0.05) is 6.07 Å². The maximum absolute atomic E-state index is 12.8. The predicted octanol–water partition coefficient (Wildman–Crippen LogP) is 3.93. The van der Waals surface area contributed by atoms with E-state index in [0.717, 1.165) is 12.1 Å². The minimum Gasteiger partial charge on any atom is -0.339 e. The molecule has 1 aromatic carbocycles. The number of urea groups is 1. The van der Waals surface area contributed by atoms with Gasteiger partial charge in [-0.05, 0) is 37.3 Å². The maximum Gasteiger partial charge on any atom is 0.416 e. The third-order valence-electron chi connectivity index (χ3n) is 3.45. The van der Waals surface area contributed by atoms with Crippen molar-refractivity contribution >= 4 is 34.5 Å². The lowest BCUT2D eigenvalue weighted by molar-refractivity contribution is -0.137. The predicted molar refractivity (Wildman–Crippen MR) is 94.8 cm³/mol. The lowest BCUT2D eigenvalue weighted by Gasteiger charge is -2.10. The second-order valence-corrected chi connectivity index (χ2v) is 5.48. The van der Waals surface area contributed by atoms with Crippen molar-refractivity contribution in [3.8, 4) is 0 Å². The lowest BCUT2D eigenvalue weighted by atomic mass is 10.2. The number of fused-ring (bicyclic) bond motifs is 1. The fourth-order valence-electron chi connectivity index (χ4n) is 2.27. The number of halogens is 3. The highest BCUT2D eigenvalue weighted by molar-refractivity contribution is 5.89. The van der Waals surface area contributed by atoms with Gasteiger partial charge in [-0.15, -0.1) is 0 Å². The molecule has 2 aromatic heterocycles.